The molecule has 206 valence electrons. The zero-order valence-electron chi connectivity index (χ0n) is 20.4. The maximum absolute atomic E-state index is 13.7. The summed E-state index contributed by atoms with van der Waals surface area (Å²) in [5.41, 5.74) is -0.881. The van der Waals surface area contributed by atoms with Gasteiger partial charge in [-0.25, -0.2) is 14.0 Å². The first-order valence-electron chi connectivity index (χ1n) is 11.2. The average Bonchev–Trinajstić information content (AvgIpc) is 3.49. The summed E-state index contributed by atoms with van der Waals surface area (Å²) in [5.74, 6) is -3.40. The van der Waals surface area contributed by atoms with Gasteiger partial charge in [-0.15, -0.1) is 0 Å². The van der Waals surface area contributed by atoms with Gasteiger partial charge >= 0.3 is 17.7 Å². The Kier molecular flexibility index (Phi) is 8.09. The van der Waals surface area contributed by atoms with E-state index in [-0.39, 0.29) is 40.0 Å². The molecule has 1 saturated heterocycles. The monoisotopic (exact) mass is 572 g/mol. The van der Waals surface area contributed by atoms with Gasteiger partial charge in [-0.3, -0.25) is 24.6 Å². The molecule has 13 nitrogen and oxygen atoms in total. The highest BCUT2D eigenvalue weighted by atomic mass is 35.5. The van der Waals surface area contributed by atoms with Crippen LogP contribution in [0.1, 0.15) is 21.9 Å². The van der Waals surface area contributed by atoms with Gasteiger partial charge in [-0.1, -0.05) is 23.7 Å². The van der Waals surface area contributed by atoms with E-state index in [1.54, 1.807) is 0 Å². The number of ether oxygens (including phenoxy) is 2. The number of urea groups is 1. The number of amides is 4. The van der Waals surface area contributed by atoms with E-state index in [2.05, 4.69) is 15.4 Å². The van der Waals surface area contributed by atoms with Crippen LogP contribution in [-0.2, 0) is 20.9 Å². The van der Waals surface area contributed by atoms with Gasteiger partial charge in [0, 0.05) is 6.07 Å². The van der Waals surface area contributed by atoms with Crippen LogP contribution in [0.15, 0.2) is 58.6 Å². The summed E-state index contributed by atoms with van der Waals surface area (Å²) in [5, 5.41) is 16.1. The van der Waals surface area contributed by atoms with Gasteiger partial charge in [0.15, 0.2) is 6.61 Å². The number of methoxy groups -OCH3 is 1. The lowest BCUT2D eigenvalue weighted by Crippen LogP contribution is -2.30. The summed E-state index contributed by atoms with van der Waals surface area (Å²) < 4.78 is 28.8. The predicted molar refractivity (Wildman–Crippen MR) is 136 cm³/mol. The number of anilines is 1. The minimum atomic E-state index is -0.810. The van der Waals surface area contributed by atoms with Crippen molar-refractivity contribution in [3.05, 3.63) is 92.3 Å². The number of carbonyl (C=O) groups excluding carboxylic acids is 4. The Labute approximate surface area is 229 Å². The summed E-state index contributed by atoms with van der Waals surface area (Å²) in [6.45, 7) is -1.02. The molecule has 2 N–H and O–H groups in total. The molecule has 0 saturated carbocycles. The van der Waals surface area contributed by atoms with Crippen molar-refractivity contribution in [3.63, 3.8) is 0 Å². The van der Waals surface area contributed by atoms with Crippen LogP contribution in [0.5, 0.6) is 5.75 Å². The van der Waals surface area contributed by atoms with Crippen molar-refractivity contribution < 1.29 is 42.4 Å². The number of para-hydroxylation sites is 1. The van der Waals surface area contributed by atoms with Crippen LogP contribution in [0.3, 0.4) is 0 Å². The van der Waals surface area contributed by atoms with Crippen LogP contribution >= 0.6 is 11.6 Å². The van der Waals surface area contributed by atoms with Crippen molar-refractivity contribution in [1.29, 1.82) is 0 Å². The van der Waals surface area contributed by atoms with Crippen LogP contribution in [0.25, 0.3) is 6.08 Å². The van der Waals surface area contributed by atoms with E-state index in [4.69, 9.17) is 20.8 Å². The molecule has 0 atom stereocenters. The molecule has 1 aliphatic heterocycles. The number of nitro groups is 1. The lowest BCUT2D eigenvalue weighted by molar-refractivity contribution is -0.385. The Morgan fingerprint density at radius 3 is 2.67 bits per heavy atom. The first-order chi connectivity index (χ1) is 19.1. The number of nitro benzene ring substituents is 1. The molecular weight excluding hydrogens is 555 g/mol. The Hall–Kier alpha value is -5.24. The van der Waals surface area contributed by atoms with Crippen molar-refractivity contribution in [3.8, 4) is 5.75 Å². The van der Waals surface area contributed by atoms with Crippen LogP contribution in [0.2, 0.25) is 5.02 Å². The lowest BCUT2D eigenvalue weighted by atomic mass is 10.1. The quantitative estimate of drug-likeness (QED) is 0.127. The number of nitrogens with one attached hydrogen (secondary N) is 2. The number of rotatable bonds is 9. The first-order valence-corrected chi connectivity index (χ1v) is 11.6. The van der Waals surface area contributed by atoms with E-state index in [1.165, 1.54) is 43.5 Å². The Balaban J connectivity index is 1.49. The number of imide groups is 1. The molecule has 1 aromatic heterocycles. The number of nitrogens with zero attached hydrogens (tertiary/aromatic N) is 2. The fourth-order valence-corrected chi connectivity index (χ4v) is 3.84. The van der Waals surface area contributed by atoms with Crippen LogP contribution in [0, 0.1) is 15.9 Å². The van der Waals surface area contributed by atoms with Crippen LogP contribution in [0.4, 0.5) is 20.6 Å². The maximum atomic E-state index is 13.7. The van der Waals surface area contributed by atoms with E-state index in [0.717, 1.165) is 23.1 Å². The van der Waals surface area contributed by atoms with Crippen LogP contribution in [-0.4, -0.2) is 47.4 Å². The van der Waals surface area contributed by atoms with Crippen molar-refractivity contribution in [1.82, 2.24) is 10.2 Å². The second-order valence-electron chi connectivity index (χ2n) is 8.06. The third-order valence-electron chi connectivity index (χ3n) is 5.37. The Morgan fingerprint density at radius 2 is 1.98 bits per heavy atom. The fraction of sp³-hybridized carbons (Fsp3) is 0.120. The molecule has 3 aromatic rings. The Morgan fingerprint density at radius 1 is 1.23 bits per heavy atom. The molecule has 2 aromatic carbocycles. The molecule has 1 aliphatic rings. The molecular formula is C25H18ClFN4O9. The molecule has 15 heteroatoms. The molecule has 40 heavy (non-hydrogen) atoms. The topological polar surface area (TPSA) is 170 Å². The number of halogens is 2. The van der Waals surface area contributed by atoms with Gasteiger partial charge in [-0.2, -0.15) is 0 Å². The predicted octanol–water partition coefficient (Wildman–Crippen LogP) is 3.88. The van der Waals surface area contributed by atoms with Crippen LogP contribution < -0.4 is 15.4 Å². The van der Waals surface area contributed by atoms with Gasteiger partial charge in [-0.05, 0) is 42.0 Å². The number of hydrogen-bond acceptors (Lipinski definition) is 9. The largest absolute Gasteiger partial charge is 0.476 e. The first kappa shape index (κ1) is 27.8. The number of carbonyl (C=O) groups is 4. The molecule has 4 amide bonds. The summed E-state index contributed by atoms with van der Waals surface area (Å²) >= 11 is 6.19. The van der Waals surface area contributed by atoms with Gasteiger partial charge in [0.25, 0.3) is 11.8 Å². The number of furan rings is 1. The smallest absolute Gasteiger partial charge is 0.373 e. The molecule has 0 unspecified atom stereocenters. The van der Waals surface area contributed by atoms with Gasteiger partial charge in [0.2, 0.25) is 11.5 Å². The zero-order valence-corrected chi connectivity index (χ0v) is 21.2. The van der Waals surface area contributed by atoms with Crippen molar-refractivity contribution in [2.24, 2.45) is 0 Å². The minimum absolute atomic E-state index is 0.0661. The Bertz CT molecular complexity index is 1570. The maximum Gasteiger partial charge on any atom is 0.373 e. The normalized spacial score (nSPS) is 13.8. The third-order valence-corrected chi connectivity index (χ3v) is 5.65. The molecule has 0 radical (unpaired) electrons. The number of esters is 1. The average molecular weight is 573 g/mol. The van der Waals surface area contributed by atoms with E-state index in [1.807, 2.05) is 0 Å². The molecule has 0 aliphatic carbocycles. The molecule has 0 bridgehead atoms. The SMILES string of the molecule is COC(=O)c1ccc(CN2C(=O)N/C(=C\c3cc(Cl)c(OCC(=O)Nc4ccccc4F)c([N+](=O)[O-])c3)C2=O)o1. The second-order valence-corrected chi connectivity index (χ2v) is 8.47. The third kappa shape index (κ3) is 6.07. The summed E-state index contributed by atoms with van der Waals surface area (Å²) in [6, 6.07) is 9.58. The van der Waals surface area contributed by atoms with E-state index in [9.17, 15) is 33.7 Å². The summed E-state index contributed by atoms with van der Waals surface area (Å²) in [4.78, 5) is 60.6. The highest BCUT2D eigenvalue weighted by Gasteiger charge is 2.35. The van der Waals surface area contributed by atoms with E-state index < -0.39 is 52.6 Å². The molecule has 2 heterocycles. The summed E-state index contributed by atoms with van der Waals surface area (Å²) in [7, 11) is 1.17. The summed E-state index contributed by atoms with van der Waals surface area (Å²) in [6.07, 6.45) is 1.16. The highest BCUT2D eigenvalue weighted by molar-refractivity contribution is 6.32. The van der Waals surface area contributed by atoms with Gasteiger partial charge < -0.3 is 24.5 Å². The lowest BCUT2D eigenvalue weighted by Gasteiger charge is -2.11. The van der Waals surface area contributed by atoms with Crippen molar-refractivity contribution in [2.45, 2.75) is 6.54 Å². The standard InChI is InChI=1S/C25H18ClFN4O9/c1-38-24(34)20-7-6-14(40-20)11-30-23(33)18(29-25(30)35)9-13-8-15(26)22(19(10-13)31(36)37)39-12-21(32)28-17-5-3-2-4-16(17)27/h2-10H,11-12H2,1H3,(H,28,32)(H,29,35)/b18-9-. The number of hydrogen-bond donors (Lipinski definition) is 2. The molecule has 4 rings (SSSR count). The molecule has 0 spiro atoms. The van der Waals surface area contributed by atoms with E-state index >= 15 is 0 Å². The fourth-order valence-electron chi connectivity index (χ4n) is 3.56. The highest BCUT2D eigenvalue weighted by Crippen LogP contribution is 2.37. The molecule has 1 fully saturated rings. The van der Waals surface area contributed by atoms with Gasteiger partial charge in [0.05, 0.1) is 29.3 Å². The van der Waals surface area contributed by atoms with Crippen molar-refractivity contribution in [2.75, 3.05) is 19.0 Å². The zero-order chi connectivity index (χ0) is 29.0. The van der Waals surface area contributed by atoms with E-state index in [0.29, 0.717) is 0 Å². The second kappa shape index (κ2) is 11.7. The minimum Gasteiger partial charge on any atom is -0.476 e. The van der Waals surface area contributed by atoms with Gasteiger partial charge in [0.1, 0.15) is 17.3 Å². The number of benzene rings is 2. The van der Waals surface area contributed by atoms with Crippen molar-refractivity contribution >= 4 is 52.9 Å².